The van der Waals surface area contributed by atoms with Gasteiger partial charge in [-0.05, 0) is 40.0 Å². The van der Waals surface area contributed by atoms with E-state index < -0.39 is 5.60 Å². The van der Waals surface area contributed by atoms with Crippen molar-refractivity contribution in [3.63, 3.8) is 0 Å². The monoisotopic (exact) mass is 380 g/mol. The Labute approximate surface area is 161 Å². The average molecular weight is 380 g/mol. The second-order valence-corrected chi connectivity index (χ2v) is 8.74. The van der Waals surface area contributed by atoms with E-state index >= 15 is 0 Å². The van der Waals surface area contributed by atoms with Crippen molar-refractivity contribution in [1.29, 1.82) is 0 Å². The van der Waals surface area contributed by atoms with Gasteiger partial charge in [0.05, 0.1) is 6.04 Å². The molecule has 0 spiro atoms. The van der Waals surface area contributed by atoms with E-state index in [1.165, 1.54) is 0 Å². The summed E-state index contributed by atoms with van der Waals surface area (Å²) in [6, 6.07) is 0.312. The van der Waals surface area contributed by atoms with E-state index in [4.69, 9.17) is 4.74 Å². The van der Waals surface area contributed by atoms with E-state index in [2.05, 4.69) is 15.1 Å². The zero-order valence-corrected chi connectivity index (χ0v) is 16.7. The van der Waals surface area contributed by atoms with Gasteiger partial charge in [-0.1, -0.05) is 0 Å². The second kappa shape index (κ2) is 8.14. The summed E-state index contributed by atoms with van der Waals surface area (Å²) in [7, 11) is 0. The van der Waals surface area contributed by atoms with Crippen molar-refractivity contribution in [2.45, 2.75) is 64.1 Å². The molecule has 1 unspecified atom stereocenters. The topological polar surface area (TPSA) is 82.2 Å². The largest absolute Gasteiger partial charge is 0.444 e. The fraction of sp³-hybridized carbons (Fsp3) is 0.842. The van der Waals surface area contributed by atoms with Gasteiger partial charge in [0.15, 0.2) is 0 Å². The smallest absolute Gasteiger partial charge is 0.410 e. The summed E-state index contributed by atoms with van der Waals surface area (Å²) in [5, 5.41) is 2.45. The maximum atomic E-state index is 12.2. The van der Waals surface area contributed by atoms with Crippen LogP contribution in [-0.4, -0.2) is 89.6 Å². The molecule has 3 aliphatic rings. The molecule has 3 rings (SSSR count). The van der Waals surface area contributed by atoms with E-state index in [1.54, 1.807) is 4.90 Å². The Balaban J connectivity index is 1.43. The molecule has 3 fully saturated rings. The molecule has 152 valence electrons. The predicted octanol–water partition coefficient (Wildman–Crippen LogP) is 0.809. The molecule has 0 bridgehead atoms. The first kappa shape index (κ1) is 20.1. The Morgan fingerprint density at radius 2 is 1.56 bits per heavy atom. The maximum Gasteiger partial charge on any atom is 0.410 e. The lowest BCUT2D eigenvalue weighted by molar-refractivity contribution is -0.138. The summed E-state index contributed by atoms with van der Waals surface area (Å²) in [6.45, 7) is 10.7. The number of likely N-dealkylation sites (tertiary alicyclic amines) is 1. The van der Waals surface area contributed by atoms with Gasteiger partial charge in [0, 0.05) is 51.7 Å². The molecule has 0 saturated carbocycles. The normalized spacial score (nSPS) is 26.8. The van der Waals surface area contributed by atoms with Crippen LogP contribution < -0.4 is 5.32 Å². The highest BCUT2D eigenvalue weighted by Crippen LogP contribution is 2.22. The lowest BCUT2D eigenvalue weighted by Crippen LogP contribution is -2.59. The summed E-state index contributed by atoms with van der Waals surface area (Å²) in [5.74, 6) is -0.308. The molecule has 0 aromatic heterocycles. The molecule has 8 nitrogen and oxygen atoms in total. The molecule has 27 heavy (non-hydrogen) atoms. The van der Waals surface area contributed by atoms with E-state index in [0.717, 1.165) is 52.1 Å². The van der Waals surface area contributed by atoms with Crippen molar-refractivity contribution < 1.29 is 19.1 Å². The third-order valence-corrected chi connectivity index (χ3v) is 5.63. The molecule has 3 amide bonds. The number of hydrogen-bond acceptors (Lipinski definition) is 6. The number of piperazine rings is 1. The van der Waals surface area contributed by atoms with Crippen LogP contribution in [0.1, 0.15) is 46.5 Å². The third-order valence-electron chi connectivity index (χ3n) is 5.63. The van der Waals surface area contributed by atoms with Crippen LogP contribution in [-0.2, 0) is 14.3 Å². The number of piperidine rings is 2. The van der Waals surface area contributed by atoms with Gasteiger partial charge in [0.25, 0.3) is 0 Å². The van der Waals surface area contributed by atoms with Crippen LogP contribution in [0.25, 0.3) is 0 Å². The minimum absolute atomic E-state index is 0.148. The summed E-state index contributed by atoms with van der Waals surface area (Å²) in [5.41, 5.74) is -0.458. The van der Waals surface area contributed by atoms with E-state index in [-0.39, 0.29) is 23.9 Å². The Hall–Kier alpha value is -1.67. The summed E-state index contributed by atoms with van der Waals surface area (Å²) in [4.78, 5) is 42.0. The Bertz CT molecular complexity index is 573. The molecule has 0 radical (unpaired) electrons. The van der Waals surface area contributed by atoms with Gasteiger partial charge >= 0.3 is 6.09 Å². The third kappa shape index (κ3) is 5.19. The minimum Gasteiger partial charge on any atom is -0.444 e. The molecule has 8 heteroatoms. The van der Waals surface area contributed by atoms with E-state index in [9.17, 15) is 14.4 Å². The molecule has 0 aromatic carbocycles. The summed E-state index contributed by atoms with van der Waals surface area (Å²) in [6.07, 6.45) is 2.75. The van der Waals surface area contributed by atoms with Gasteiger partial charge < -0.3 is 9.64 Å². The fourth-order valence-electron chi connectivity index (χ4n) is 4.18. The quantitative estimate of drug-likeness (QED) is 0.714. The molecule has 3 heterocycles. The van der Waals surface area contributed by atoms with Gasteiger partial charge in [-0.2, -0.15) is 0 Å². The molecular formula is C19H32N4O4. The van der Waals surface area contributed by atoms with Gasteiger partial charge in [-0.3, -0.25) is 24.7 Å². The predicted molar refractivity (Wildman–Crippen MR) is 100 cm³/mol. The lowest BCUT2D eigenvalue weighted by Gasteiger charge is -2.44. The number of imide groups is 1. The van der Waals surface area contributed by atoms with Crippen LogP contribution in [0.15, 0.2) is 0 Å². The highest BCUT2D eigenvalue weighted by molar-refractivity contribution is 6.00. The number of nitrogens with one attached hydrogen (secondary N) is 1. The Morgan fingerprint density at radius 3 is 2.11 bits per heavy atom. The highest BCUT2D eigenvalue weighted by atomic mass is 16.6. The second-order valence-electron chi connectivity index (χ2n) is 8.74. The molecule has 1 N–H and O–H groups in total. The van der Waals surface area contributed by atoms with Crippen molar-refractivity contribution in [2.75, 3.05) is 39.3 Å². The highest BCUT2D eigenvalue weighted by Gasteiger charge is 2.35. The number of hydrogen-bond donors (Lipinski definition) is 1. The first-order chi connectivity index (χ1) is 12.7. The van der Waals surface area contributed by atoms with Crippen molar-refractivity contribution in [1.82, 2.24) is 20.0 Å². The molecule has 3 saturated heterocycles. The van der Waals surface area contributed by atoms with Crippen molar-refractivity contribution in [2.24, 2.45) is 0 Å². The van der Waals surface area contributed by atoms with Gasteiger partial charge in [-0.25, -0.2) is 4.79 Å². The molecule has 0 aromatic rings. The number of carbonyl (C=O) groups excluding carboxylic acids is 3. The van der Waals surface area contributed by atoms with Crippen LogP contribution in [0.4, 0.5) is 4.79 Å². The molecule has 3 aliphatic heterocycles. The van der Waals surface area contributed by atoms with Gasteiger partial charge in [0.1, 0.15) is 5.60 Å². The zero-order valence-electron chi connectivity index (χ0n) is 16.7. The van der Waals surface area contributed by atoms with Crippen molar-refractivity contribution >= 4 is 17.9 Å². The van der Waals surface area contributed by atoms with Crippen LogP contribution in [0.2, 0.25) is 0 Å². The number of ether oxygens (including phenoxy) is 1. The van der Waals surface area contributed by atoms with Gasteiger partial charge in [0.2, 0.25) is 11.8 Å². The summed E-state index contributed by atoms with van der Waals surface area (Å²) >= 11 is 0. The van der Waals surface area contributed by atoms with Crippen LogP contribution in [0, 0.1) is 0 Å². The lowest BCUT2D eigenvalue weighted by atomic mass is 10.0. The number of nitrogens with zero attached hydrogens (tertiary/aromatic N) is 3. The molecule has 1 atom stereocenters. The zero-order chi connectivity index (χ0) is 19.6. The van der Waals surface area contributed by atoms with Crippen LogP contribution in [0.5, 0.6) is 0 Å². The number of carbonyl (C=O) groups is 3. The first-order valence-corrected chi connectivity index (χ1v) is 10.0. The summed E-state index contributed by atoms with van der Waals surface area (Å²) < 4.78 is 5.46. The average Bonchev–Trinajstić information content (AvgIpc) is 2.61. The van der Waals surface area contributed by atoms with Crippen LogP contribution >= 0.6 is 0 Å². The number of amides is 3. The fourth-order valence-corrected chi connectivity index (χ4v) is 4.18. The number of rotatable bonds is 2. The molecular weight excluding hydrogens is 348 g/mol. The SMILES string of the molecule is CC(C)(C)OC(=O)N1CCC(N2CCN(C3CCC(=O)NC3=O)CC2)CC1. The standard InChI is InChI=1S/C19H32N4O4/c1-19(2,3)27-18(26)23-8-6-14(7-9-23)21-10-12-22(13-11-21)15-4-5-16(24)20-17(15)25/h14-15H,4-13H2,1-3H3,(H,20,24,25). The first-order valence-electron chi connectivity index (χ1n) is 10.0. The van der Waals surface area contributed by atoms with Crippen molar-refractivity contribution in [3.05, 3.63) is 0 Å². The van der Waals surface area contributed by atoms with Gasteiger partial charge in [-0.15, -0.1) is 0 Å². The Morgan fingerprint density at radius 1 is 0.963 bits per heavy atom. The van der Waals surface area contributed by atoms with Crippen molar-refractivity contribution in [3.8, 4) is 0 Å². The van der Waals surface area contributed by atoms with E-state index in [0.29, 0.717) is 18.9 Å². The maximum absolute atomic E-state index is 12.2. The van der Waals surface area contributed by atoms with E-state index in [1.807, 2.05) is 20.8 Å². The van der Waals surface area contributed by atoms with Crippen LogP contribution in [0.3, 0.4) is 0 Å². The minimum atomic E-state index is -0.458. The Kier molecular flexibility index (Phi) is 6.05. The molecule has 0 aliphatic carbocycles.